The molecule has 132 valence electrons. The van der Waals surface area contributed by atoms with Crippen molar-refractivity contribution < 1.29 is 9.72 Å². The Bertz CT molecular complexity index is 941. The fourth-order valence-electron chi connectivity index (χ4n) is 2.57. The van der Waals surface area contributed by atoms with Crippen LogP contribution in [0.25, 0.3) is 0 Å². The smallest absolute Gasteiger partial charge is 0.282 e. The predicted octanol–water partition coefficient (Wildman–Crippen LogP) is 3.42. The summed E-state index contributed by atoms with van der Waals surface area (Å²) in [6.07, 6.45) is 3.55. The van der Waals surface area contributed by atoms with Gasteiger partial charge in [0.05, 0.1) is 11.5 Å². The van der Waals surface area contributed by atoms with E-state index in [1.165, 1.54) is 18.2 Å². The van der Waals surface area contributed by atoms with Crippen LogP contribution < -0.4 is 5.32 Å². The van der Waals surface area contributed by atoms with E-state index in [-0.39, 0.29) is 22.8 Å². The van der Waals surface area contributed by atoms with Crippen LogP contribution in [0.1, 0.15) is 21.5 Å². The van der Waals surface area contributed by atoms with Crippen LogP contribution in [-0.4, -0.2) is 20.6 Å². The predicted molar refractivity (Wildman–Crippen MR) is 97.0 cm³/mol. The molecule has 0 aliphatic carbocycles. The fourth-order valence-corrected chi connectivity index (χ4v) is 2.74. The number of amides is 1. The minimum Gasteiger partial charge on any atom is -0.348 e. The first-order valence-corrected chi connectivity index (χ1v) is 8.19. The average molecular weight is 371 g/mol. The summed E-state index contributed by atoms with van der Waals surface area (Å²) >= 11 is 5.88. The van der Waals surface area contributed by atoms with Crippen molar-refractivity contribution >= 4 is 23.2 Å². The summed E-state index contributed by atoms with van der Waals surface area (Å²) in [6, 6.07) is 13.4. The third-order valence-electron chi connectivity index (χ3n) is 3.85. The minimum atomic E-state index is -0.600. The van der Waals surface area contributed by atoms with Crippen LogP contribution in [0.4, 0.5) is 5.69 Å². The lowest BCUT2D eigenvalue weighted by molar-refractivity contribution is -0.385. The van der Waals surface area contributed by atoms with Crippen LogP contribution >= 0.6 is 11.6 Å². The topological polar surface area (TPSA) is 90.1 Å². The molecule has 0 spiro atoms. The van der Waals surface area contributed by atoms with E-state index in [0.29, 0.717) is 6.54 Å². The molecule has 1 N–H and O–H groups in total. The van der Waals surface area contributed by atoms with Crippen LogP contribution in [0.15, 0.2) is 60.9 Å². The number of nitrogens with one attached hydrogen (secondary N) is 1. The summed E-state index contributed by atoms with van der Waals surface area (Å²) in [5.41, 5.74) is 1.56. The molecule has 1 amide bonds. The molecule has 3 rings (SSSR count). The van der Waals surface area contributed by atoms with Gasteiger partial charge in [0, 0.05) is 30.0 Å². The van der Waals surface area contributed by atoms with Gasteiger partial charge < -0.3 is 5.32 Å². The molecule has 0 radical (unpaired) electrons. The first kappa shape index (κ1) is 17.6. The monoisotopic (exact) mass is 370 g/mol. The number of halogens is 1. The molecular weight excluding hydrogens is 356 g/mol. The Balaban J connectivity index is 1.77. The maximum absolute atomic E-state index is 12.4. The second-order valence-electron chi connectivity index (χ2n) is 5.57. The third kappa shape index (κ3) is 4.07. The summed E-state index contributed by atoms with van der Waals surface area (Å²) in [5.74, 6) is -0.548. The van der Waals surface area contributed by atoms with E-state index < -0.39 is 10.8 Å². The highest BCUT2D eigenvalue weighted by molar-refractivity contribution is 6.31. The molecule has 7 nitrogen and oxygen atoms in total. The SMILES string of the molecule is O=C(NCc1ccccc1Cn1cccn1)c1cc(Cl)ccc1[N+](=O)[O-]. The lowest BCUT2D eigenvalue weighted by Gasteiger charge is -2.11. The van der Waals surface area contributed by atoms with E-state index in [0.717, 1.165) is 11.1 Å². The number of carbonyl (C=O) groups excluding carboxylic acids is 1. The van der Waals surface area contributed by atoms with Gasteiger partial charge >= 0.3 is 0 Å². The van der Waals surface area contributed by atoms with Gasteiger partial charge in [-0.2, -0.15) is 5.10 Å². The molecule has 0 aliphatic heterocycles. The van der Waals surface area contributed by atoms with Crippen LogP contribution in [0.3, 0.4) is 0 Å². The zero-order valence-corrected chi connectivity index (χ0v) is 14.4. The largest absolute Gasteiger partial charge is 0.348 e. The van der Waals surface area contributed by atoms with E-state index in [1.807, 2.05) is 36.5 Å². The van der Waals surface area contributed by atoms with E-state index in [4.69, 9.17) is 11.6 Å². The molecule has 8 heteroatoms. The molecule has 1 aromatic heterocycles. The van der Waals surface area contributed by atoms with Crippen LogP contribution in [0.5, 0.6) is 0 Å². The van der Waals surface area contributed by atoms with Crippen molar-refractivity contribution in [3.8, 4) is 0 Å². The van der Waals surface area contributed by atoms with E-state index in [2.05, 4.69) is 10.4 Å². The second-order valence-corrected chi connectivity index (χ2v) is 6.01. The number of hydrogen-bond donors (Lipinski definition) is 1. The first-order chi connectivity index (χ1) is 12.5. The van der Waals surface area contributed by atoms with Gasteiger partial charge in [0.25, 0.3) is 11.6 Å². The molecule has 0 saturated heterocycles. The highest BCUT2D eigenvalue weighted by atomic mass is 35.5. The lowest BCUT2D eigenvalue weighted by Crippen LogP contribution is -2.24. The molecule has 0 unspecified atom stereocenters. The van der Waals surface area contributed by atoms with Crippen molar-refractivity contribution in [3.05, 3.63) is 92.8 Å². The molecule has 0 saturated carbocycles. The van der Waals surface area contributed by atoms with Crippen LogP contribution in [0.2, 0.25) is 5.02 Å². The van der Waals surface area contributed by atoms with Gasteiger partial charge in [0.15, 0.2) is 0 Å². The van der Waals surface area contributed by atoms with Gasteiger partial charge in [0.2, 0.25) is 0 Å². The van der Waals surface area contributed by atoms with Crippen molar-refractivity contribution in [2.45, 2.75) is 13.1 Å². The quantitative estimate of drug-likeness (QED) is 0.531. The normalized spacial score (nSPS) is 10.5. The zero-order chi connectivity index (χ0) is 18.5. The Morgan fingerprint density at radius 1 is 1.19 bits per heavy atom. The highest BCUT2D eigenvalue weighted by Gasteiger charge is 2.20. The third-order valence-corrected chi connectivity index (χ3v) is 4.08. The van der Waals surface area contributed by atoms with Crippen molar-refractivity contribution in [2.24, 2.45) is 0 Å². The zero-order valence-electron chi connectivity index (χ0n) is 13.6. The molecule has 26 heavy (non-hydrogen) atoms. The van der Waals surface area contributed by atoms with Gasteiger partial charge in [-0.1, -0.05) is 35.9 Å². The number of hydrogen-bond acceptors (Lipinski definition) is 4. The maximum Gasteiger partial charge on any atom is 0.282 e. The lowest BCUT2D eigenvalue weighted by atomic mass is 10.1. The Morgan fingerprint density at radius 3 is 2.65 bits per heavy atom. The second kappa shape index (κ2) is 7.79. The van der Waals surface area contributed by atoms with Crippen LogP contribution in [0, 0.1) is 10.1 Å². The van der Waals surface area contributed by atoms with E-state index in [1.54, 1.807) is 10.9 Å². The van der Waals surface area contributed by atoms with Crippen molar-refractivity contribution in [2.75, 3.05) is 0 Å². The van der Waals surface area contributed by atoms with Crippen LogP contribution in [-0.2, 0) is 13.1 Å². The molecular formula is C18H15ClN4O3. The van der Waals surface area contributed by atoms with E-state index in [9.17, 15) is 14.9 Å². The number of carbonyl (C=O) groups is 1. The molecule has 0 bridgehead atoms. The number of rotatable bonds is 6. The average Bonchev–Trinajstić information content (AvgIpc) is 3.13. The summed E-state index contributed by atoms with van der Waals surface area (Å²) in [7, 11) is 0. The fraction of sp³-hybridized carbons (Fsp3) is 0.111. The summed E-state index contributed by atoms with van der Waals surface area (Å²) in [6.45, 7) is 0.802. The standard InChI is InChI=1S/C18H15ClN4O3/c19-15-6-7-17(23(25)26)16(10-15)18(24)20-11-13-4-1-2-5-14(13)12-22-9-3-8-21-22/h1-10H,11-12H2,(H,20,24). The summed E-state index contributed by atoms with van der Waals surface area (Å²) in [4.78, 5) is 22.9. The Kier molecular flexibility index (Phi) is 5.28. The highest BCUT2D eigenvalue weighted by Crippen LogP contribution is 2.22. The summed E-state index contributed by atoms with van der Waals surface area (Å²) in [5, 5.41) is 18.3. The Hall–Kier alpha value is -3.19. The molecule has 0 fully saturated rings. The number of benzene rings is 2. The number of nitro groups is 1. The number of nitrogens with zero attached hydrogens (tertiary/aromatic N) is 3. The Labute approximate surface area is 154 Å². The minimum absolute atomic E-state index is 0.0629. The number of aromatic nitrogens is 2. The van der Waals surface area contributed by atoms with Gasteiger partial charge in [-0.15, -0.1) is 0 Å². The van der Waals surface area contributed by atoms with Gasteiger partial charge in [0.1, 0.15) is 5.56 Å². The van der Waals surface area contributed by atoms with Crippen molar-refractivity contribution in [1.29, 1.82) is 0 Å². The van der Waals surface area contributed by atoms with Gasteiger partial charge in [-0.25, -0.2) is 0 Å². The maximum atomic E-state index is 12.4. The molecule has 0 atom stereocenters. The molecule has 2 aromatic carbocycles. The van der Waals surface area contributed by atoms with Crippen molar-refractivity contribution in [1.82, 2.24) is 15.1 Å². The Morgan fingerprint density at radius 2 is 1.96 bits per heavy atom. The van der Waals surface area contributed by atoms with Gasteiger partial charge in [-0.05, 0) is 29.3 Å². The van der Waals surface area contributed by atoms with Crippen molar-refractivity contribution in [3.63, 3.8) is 0 Å². The summed E-state index contributed by atoms with van der Waals surface area (Å²) < 4.78 is 1.78. The number of nitro benzene ring substituents is 1. The molecule has 3 aromatic rings. The molecule has 1 heterocycles. The van der Waals surface area contributed by atoms with Gasteiger partial charge in [-0.3, -0.25) is 19.6 Å². The van der Waals surface area contributed by atoms with E-state index >= 15 is 0 Å². The first-order valence-electron chi connectivity index (χ1n) is 7.81. The molecule has 0 aliphatic rings.